The zero-order valence-corrected chi connectivity index (χ0v) is 16.2. The molecular weight excluding hydrogens is 340 g/mol. The molecule has 0 aromatic heterocycles. The molecule has 0 aliphatic heterocycles. The molecule has 0 spiro atoms. The van der Waals surface area contributed by atoms with Crippen molar-refractivity contribution in [1.82, 2.24) is 10.2 Å². The van der Waals surface area contributed by atoms with Gasteiger partial charge in [-0.05, 0) is 42.2 Å². The molecule has 0 bridgehead atoms. The molecule has 0 radical (unpaired) electrons. The zero-order valence-electron chi connectivity index (χ0n) is 16.2. The van der Waals surface area contributed by atoms with Crippen LogP contribution in [-0.2, 0) is 4.79 Å². The fraction of sp³-hybridized carbons (Fsp3) is 0.364. The van der Waals surface area contributed by atoms with E-state index in [0.717, 1.165) is 23.1 Å². The maximum atomic E-state index is 12.6. The highest BCUT2D eigenvalue weighted by atomic mass is 16.3. The van der Waals surface area contributed by atoms with Gasteiger partial charge in [-0.1, -0.05) is 43.3 Å². The third-order valence-corrected chi connectivity index (χ3v) is 4.45. The Hall–Kier alpha value is -2.66. The molecule has 2 amide bonds. The molecule has 0 saturated heterocycles. The van der Waals surface area contributed by atoms with Gasteiger partial charge in [0, 0.05) is 25.6 Å². The summed E-state index contributed by atoms with van der Waals surface area (Å²) in [5, 5.41) is 12.0. The van der Waals surface area contributed by atoms with Crippen molar-refractivity contribution in [2.45, 2.75) is 33.2 Å². The second-order valence-electron chi connectivity index (χ2n) is 6.64. The molecule has 0 saturated carbocycles. The quantitative estimate of drug-likeness (QED) is 0.750. The van der Waals surface area contributed by atoms with Gasteiger partial charge in [-0.25, -0.2) is 0 Å². The van der Waals surface area contributed by atoms with Gasteiger partial charge in [-0.15, -0.1) is 0 Å². The minimum Gasteiger partial charge on any atom is -0.395 e. The van der Waals surface area contributed by atoms with E-state index in [4.69, 9.17) is 5.11 Å². The van der Waals surface area contributed by atoms with Crippen LogP contribution >= 0.6 is 0 Å². The monoisotopic (exact) mass is 368 g/mol. The van der Waals surface area contributed by atoms with Crippen molar-refractivity contribution in [3.8, 4) is 11.1 Å². The Kier molecular flexibility index (Phi) is 7.55. The van der Waals surface area contributed by atoms with Crippen LogP contribution in [0.5, 0.6) is 0 Å². The number of benzene rings is 2. The van der Waals surface area contributed by atoms with Crippen LogP contribution in [0, 0.1) is 0 Å². The first-order valence-electron chi connectivity index (χ1n) is 9.34. The molecule has 0 aliphatic rings. The Balaban J connectivity index is 2.12. The van der Waals surface area contributed by atoms with Crippen molar-refractivity contribution in [3.63, 3.8) is 0 Å². The predicted octanol–water partition coefficient (Wildman–Crippen LogP) is 3.40. The maximum absolute atomic E-state index is 12.6. The van der Waals surface area contributed by atoms with Gasteiger partial charge in [-0.3, -0.25) is 9.59 Å². The lowest BCUT2D eigenvalue weighted by Gasteiger charge is -2.21. The van der Waals surface area contributed by atoms with Gasteiger partial charge in [0.1, 0.15) is 0 Å². The van der Waals surface area contributed by atoms with E-state index in [9.17, 15) is 9.59 Å². The first-order valence-corrected chi connectivity index (χ1v) is 9.34. The number of rotatable bonds is 8. The summed E-state index contributed by atoms with van der Waals surface area (Å²) in [5.74, 6) is -0.109. The van der Waals surface area contributed by atoms with Crippen molar-refractivity contribution < 1.29 is 14.7 Å². The number of aliphatic hydroxyl groups is 1. The summed E-state index contributed by atoms with van der Waals surface area (Å²) in [5.41, 5.74) is 3.74. The summed E-state index contributed by atoms with van der Waals surface area (Å²) in [7, 11) is 0. The Labute approximate surface area is 161 Å². The first kappa shape index (κ1) is 20.6. The molecule has 5 nitrogen and oxygen atoms in total. The normalized spacial score (nSPS) is 11.7. The van der Waals surface area contributed by atoms with Gasteiger partial charge >= 0.3 is 0 Å². The molecule has 27 heavy (non-hydrogen) atoms. The third kappa shape index (κ3) is 5.66. The number of aliphatic hydroxyl groups excluding tert-OH is 1. The summed E-state index contributed by atoms with van der Waals surface area (Å²) in [6.07, 6.45) is 0.854. The second-order valence-corrected chi connectivity index (χ2v) is 6.64. The first-order chi connectivity index (χ1) is 13.0. The number of carbonyl (C=O) groups is 2. The average Bonchev–Trinajstić information content (AvgIpc) is 2.67. The molecule has 2 aromatic carbocycles. The van der Waals surface area contributed by atoms with Crippen molar-refractivity contribution in [2.75, 3.05) is 19.7 Å². The number of hydrogen-bond acceptors (Lipinski definition) is 3. The SMILES string of the molecule is CCCN(CCO)C(=O)c1ccc(-c2ccc([C@@H](C)NC(C)=O)cc2)cc1. The van der Waals surface area contributed by atoms with E-state index in [0.29, 0.717) is 18.7 Å². The molecule has 1 atom stereocenters. The molecule has 0 aliphatic carbocycles. The number of carbonyl (C=O) groups excluding carboxylic acids is 2. The highest BCUT2D eigenvalue weighted by molar-refractivity contribution is 5.94. The molecule has 0 heterocycles. The van der Waals surface area contributed by atoms with Crippen LogP contribution in [0.1, 0.15) is 49.2 Å². The highest BCUT2D eigenvalue weighted by Gasteiger charge is 2.14. The topological polar surface area (TPSA) is 69.6 Å². The van der Waals surface area contributed by atoms with Crippen LogP contribution in [0.15, 0.2) is 48.5 Å². The number of nitrogens with one attached hydrogen (secondary N) is 1. The molecular formula is C22H28N2O3. The van der Waals surface area contributed by atoms with E-state index >= 15 is 0 Å². The summed E-state index contributed by atoms with van der Waals surface area (Å²) in [6, 6.07) is 15.5. The van der Waals surface area contributed by atoms with Gasteiger partial charge < -0.3 is 15.3 Å². The Morgan fingerprint density at radius 2 is 1.56 bits per heavy atom. The van der Waals surface area contributed by atoms with Crippen LogP contribution in [0.25, 0.3) is 11.1 Å². The van der Waals surface area contributed by atoms with Crippen molar-refractivity contribution in [1.29, 1.82) is 0 Å². The van der Waals surface area contributed by atoms with Crippen molar-refractivity contribution in [3.05, 3.63) is 59.7 Å². The molecule has 2 N–H and O–H groups in total. The van der Waals surface area contributed by atoms with Gasteiger partial charge in [0.25, 0.3) is 5.91 Å². The standard InChI is InChI=1S/C22H28N2O3/c1-4-13-24(14-15-25)22(27)21-11-9-20(10-12-21)19-7-5-18(6-8-19)16(2)23-17(3)26/h5-12,16,25H,4,13-15H2,1-3H3,(H,23,26)/t16-/m1/s1. The third-order valence-electron chi connectivity index (χ3n) is 4.45. The lowest BCUT2D eigenvalue weighted by atomic mass is 10.00. The lowest BCUT2D eigenvalue weighted by molar-refractivity contribution is -0.119. The lowest BCUT2D eigenvalue weighted by Crippen LogP contribution is -2.34. The molecule has 0 fully saturated rings. The largest absolute Gasteiger partial charge is 0.395 e. The summed E-state index contributed by atoms with van der Waals surface area (Å²) in [4.78, 5) is 25.4. The summed E-state index contributed by atoms with van der Waals surface area (Å²) in [6.45, 7) is 6.42. The van der Waals surface area contributed by atoms with E-state index in [1.54, 1.807) is 4.90 Å². The summed E-state index contributed by atoms with van der Waals surface area (Å²) < 4.78 is 0. The van der Waals surface area contributed by atoms with Gasteiger partial charge in [0.2, 0.25) is 5.91 Å². The van der Waals surface area contributed by atoms with Crippen LogP contribution in [0.4, 0.5) is 0 Å². The van der Waals surface area contributed by atoms with Gasteiger partial charge in [0.05, 0.1) is 12.6 Å². The Bertz CT molecular complexity index is 748. The molecule has 144 valence electrons. The number of nitrogens with zero attached hydrogens (tertiary/aromatic N) is 1. The van der Waals surface area contributed by atoms with E-state index < -0.39 is 0 Å². The van der Waals surface area contributed by atoms with Gasteiger partial charge in [-0.2, -0.15) is 0 Å². The van der Waals surface area contributed by atoms with Gasteiger partial charge in [0.15, 0.2) is 0 Å². The fourth-order valence-corrected chi connectivity index (χ4v) is 3.05. The predicted molar refractivity (Wildman–Crippen MR) is 107 cm³/mol. The number of hydrogen-bond donors (Lipinski definition) is 2. The average molecular weight is 368 g/mol. The minimum atomic E-state index is -0.0584. The van der Waals surface area contributed by atoms with Crippen molar-refractivity contribution >= 4 is 11.8 Å². The van der Waals surface area contributed by atoms with Crippen LogP contribution < -0.4 is 5.32 Å². The minimum absolute atomic E-state index is 0.0346. The Morgan fingerprint density at radius 1 is 1.00 bits per heavy atom. The zero-order chi connectivity index (χ0) is 19.8. The van der Waals surface area contributed by atoms with E-state index in [1.165, 1.54) is 6.92 Å². The molecule has 0 unspecified atom stereocenters. The van der Waals surface area contributed by atoms with E-state index in [2.05, 4.69) is 5.32 Å². The van der Waals surface area contributed by atoms with Crippen LogP contribution in [-0.4, -0.2) is 41.5 Å². The van der Waals surface area contributed by atoms with Crippen LogP contribution in [0.3, 0.4) is 0 Å². The molecule has 2 rings (SSSR count). The van der Waals surface area contributed by atoms with Crippen molar-refractivity contribution in [2.24, 2.45) is 0 Å². The number of amides is 2. The molecule has 5 heteroatoms. The maximum Gasteiger partial charge on any atom is 0.253 e. The smallest absolute Gasteiger partial charge is 0.253 e. The molecule has 2 aromatic rings. The summed E-state index contributed by atoms with van der Waals surface area (Å²) >= 11 is 0. The van der Waals surface area contributed by atoms with E-state index in [1.807, 2.05) is 62.4 Å². The Morgan fingerprint density at radius 3 is 2.04 bits per heavy atom. The van der Waals surface area contributed by atoms with Crippen LogP contribution in [0.2, 0.25) is 0 Å². The fourth-order valence-electron chi connectivity index (χ4n) is 3.05. The second kappa shape index (κ2) is 9.88. The highest BCUT2D eigenvalue weighted by Crippen LogP contribution is 2.23. The van der Waals surface area contributed by atoms with E-state index in [-0.39, 0.29) is 24.5 Å².